The molecule has 0 radical (unpaired) electrons. The first kappa shape index (κ1) is 15.7. The lowest BCUT2D eigenvalue weighted by atomic mass is 9.94. The summed E-state index contributed by atoms with van der Waals surface area (Å²) < 4.78 is 0. The number of amides is 1. The molecule has 0 aliphatic carbocycles. The van der Waals surface area contributed by atoms with E-state index in [1.807, 2.05) is 18.2 Å². The number of hydrogen-bond donors (Lipinski definition) is 2. The smallest absolute Gasteiger partial charge is 0.237 e. The van der Waals surface area contributed by atoms with Crippen LogP contribution in [0, 0.1) is 0 Å². The molecule has 3 N–H and O–H groups in total. The van der Waals surface area contributed by atoms with Crippen molar-refractivity contribution in [3.8, 4) is 0 Å². The molecule has 0 aliphatic heterocycles. The normalized spacial score (nSPS) is 13.1. The lowest BCUT2D eigenvalue weighted by molar-refractivity contribution is -0.124. The third kappa shape index (κ3) is 5.03. The third-order valence-corrected chi connectivity index (χ3v) is 3.91. The highest BCUT2D eigenvalue weighted by atomic mass is 16.2. The van der Waals surface area contributed by atoms with E-state index < -0.39 is 6.04 Å². The molecule has 1 unspecified atom stereocenters. The lowest BCUT2D eigenvalue weighted by Gasteiger charge is -2.29. The van der Waals surface area contributed by atoms with Gasteiger partial charge in [0.05, 0.1) is 6.04 Å². The third-order valence-electron chi connectivity index (χ3n) is 3.91. The first-order chi connectivity index (χ1) is 9.00. The summed E-state index contributed by atoms with van der Waals surface area (Å²) in [5.41, 5.74) is 7.05. The Hall–Kier alpha value is -1.35. The van der Waals surface area contributed by atoms with Crippen molar-refractivity contribution >= 4 is 5.91 Å². The fourth-order valence-electron chi connectivity index (χ4n) is 1.91. The maximum Gasteiger partial charge on any atom is 0.237 e. The Morgan fingerprint density at radius 2 is 1.84 bits per heavy atom. The molecule has 19 heavy (non-hydrogen) atoms. The van der Waals surface area contributed by atoms with E-state index in [1.165, 1.54) is 5.56 Å². The van der Waals surface area contributed by atoms with Gasteiger partial charge in [-0.1, -0.05) is 44.2 Å². The summed E-state index contributed by atoms with van der Waals surface area (Å²) in [7, 11) is 0. The molecule has 3 heteroatoms. The molecule has 1 aromatic rings. The number of benzene rings is 1. The molecule has 0 saturated heterocycles. The van der Waals surface area contributed by atoms with Gasteiger partial charge in [-0.25, -0.2) is 0 Å². The minimum atomic E-state index is -0.433. The molecule has 1 amide bonds. The number of nitrogens with two attached hydrogens (primary N) is 1. The van der Waals surface area contributed by atoms with Crippen molar-refractivity contribution in [1.82, 2.24) is 5.32 Å². The van der Waals surface area contributed by atoms with Crippen molar-refractivity contribution in [2.45, 2.75) is 58.0 Å². The molecule has 1 rings (SSSR count). The highest BCUT2D eigenvalue weighted by molar-refractivity contribution is 5.82. The van der Waals surface area contributed by atoms with Crippen LogP contribution in [-0.4, -0.2) is 17.5 Å². The topological polar surface area (TPSA) is 55.1 Å². The summed E-state index contributed by atoms with van der Waals surface area (Å²) in [6.07, 6.45) is 3.35. The molecule has 0 fully saturated rings. The van der Waals surface area contributed by atoms with E-state index in [0.29, 0.717) is 6.42 Å². The molecule has 0 heterocycles. The van der Waals surface area contributed by atoms with Crippen molar-refractivity contribution < 1.29 is 4.79 Å². The van der Waals surface area contributed by atoms with Crippen molar-refractivity contribution in [1.29, 1.82) is 0 Å². The zero-order valence-electron chi connectivity index (χ0n) is 12.3. The number of carbonyl (C=O) groups excluding carboxylic acids is 1. The molecular formula is C16H26N2O. The van der Waals surface area contributed by atoms with Gasteiger partial charge >= 0.3 is 0 Å². The molecule has 1 atom stereocenters. The van der Waals surface area contributed by atoms with E-state index in [0.717, 1.165) is 19.3 Å². The largest absolute Gasteiger partial charge is 0.350 e. The molecule has 0 spiro atoms. The maximum atomic E-state index is 12.1. The molecule has 0 aromatic heterocycles. The Morgan fingerprint density at radius 1 is 1.26 bits per heavy atom. The summed E-state index contributed by atoms with van der Waals surface area (Å²) in [5, 5.41) is 3.06. The summed E-state index contributed by atoms with van der Waals surface area (Å²) in [4.78, 5) is 12.1. The van der Waals surface area contributed by atoms with Crippen molar-refractivity contribution in [3.63, 3.8) is 0 Å². The first-order valence-corrected chi connectivity index (χ1v) is 7.12. The average molecular weight is 262 g/mol. The zero-order valence-corrected chi connectivity index (χ0v) is 12.3. The van der Waals surface area contributed by atoms with Gasteiger partial charge in [-0.05, 0) is 38.2 Å². The molecule has 0 bridgehead atoms. The summed E-state index contributed by atoms with van der Waals surface area (Å²) in [6, 6.07) is 9.69. The second-order valence-corrected chi connectivity index (χ2v) is 5.39. The predicted molar refractivity (Wildman–Crippen MR) is 79.9 cm³/mol. The first-order valence-electron chi connectivity index (χ1n) is 7.12. The number of rotatable bonds is 7. The monoisotopic (exact) mass is 262 g/mol. The van der Waals surface area contributed by atoms with Crippen LogP contribution in [0.25, 0.3) is 0 Å². The van der Waals surface area contributed by atoms with Crippen molar-refractivity contribution in [2.75, 3.05) is 0 Å². The number of carbonyl (C=O) groups is 1. The number of hydrogen-bond acceptors (Lipinski definition) is 2. The van der Waals surface area contributed by atoms with Gasteiger partial charge in [0.2, 0.25) is 5.91 Å². The van der Waals surface area contributed by atoms with Gasteiger partial charge in [-0.2, -0.15) is 0 Å². The van der Waals surface area contributed by atoms with Crippen LogP contribution in [0.2, 0.25) is 0 Å². The van der Waals surface area contributed by atoms with Crippen LogP contribution in [0.4, 0.5) is 0 Å². The highest BCUT2D eigenvalue weighted by Gasteiger charge is 2.24. The zero-order chi connectivity index (χ0) is 14.3. The fraction of sp³-hybridized carbons (Fsp3) is 0.562. The van der Waals surface area contributed by atoms with Gasteiger partial charge in [-0.3, -0.25) is 4.79 Å². The minimum Gasteiger partial charge on any atom is -0.350 e. The molecule has 0 saturated carbocycles. The Balaban J connectivity index is 2.45. The van der Waals surface area contributed by atoms with Gasteiger partial charge in [0.1, 0.15) is 0 Å². The molecule has 106 valence electrons. The lowest BCUT2D eigenvalue weighted by Crippen LogP contribution is -2.51. The molecule has 1 aromatic carbocycles. The van der Waals surface area contributed by atoms with Crippen molar-refractivity contribution in [3.05, 3.63) is 35.9 Å². The van der Waals surface area contributed by atoms with Gasteiger partial charge in [0.25, 0.3) is 0 Å². The van der Waals surface area contributed by atoms with Crippen LogP contribution in [-0.2, 0) is 11.2 Å². The molecule has 3 nitrogen and oxygen atoms in total. The minimum absolute atomic E-state index is 0.0397. The Bertz CT molecular complexity index is 385. The predicted octanol–water partition coefficient (Wildman–Crippen LogP) is 2.64. The van der Waals surface area contributed by atoms with Gasteiger partial charge in [-0.15, -0.1) is 0 Å². The van der Waals surface area contributed by atoms with E-state index in [-0.39, 0.29) is 11.4 Å². The van der Waals surface area contributed by atoms with Crippen LogP contribution in [0.1, 0.15) is 45.6 Å². The number of aryl methyl sites for hydroxylation is 1. The summed E-state index contributed by atoms with van der Waals surface area (Å²) >= 11 is 0. The standard InChI is InChI=1S/C16H26N2O/c1-4-16(3,5-2)18-15(19)14(17)12-11-13-9-7-6-8-10-13/h6-10,14H,4-5,11-12,17H2,1-3H3,(H,18,19). The summed E-state index contributed by atoms with van der Waals surface area (Å²) in [6.45, 7) is 6.23. The van der Waals surface area contributed by atoms with E-state index >= 15 is 0 Å². The maximum absolute atomic E-state index is 12.1. The van der Waals surface area contributed by atoms with Crippen LogP contribution in [0.15, 0.2) is 30.3 Å². The second kappa shape index (κ2) is 7.29. The average Bonchev–Trinajstić information content (AvgIpc) is 2.45. The van der Waals surface area contributed by atoms with Crippen LogP contribution >= 0.6 is 0 Å². The number of nitrogens with one attached hydrogen (secondary N) is 1. The van der Waals surface area contributed by atoms with Crippen LogP contribution < -0.4 is 11.1 Å². The van der Waals surface area contributed by atoms with Crippen LogP contribution in [0.5, 0.6) is 0 Å². The van der Waals surface area contributed by atoms with Crippen LogP contribution in [0.3, 0.4) is 0 Å². The van der Waals surface area contributed by atoms with Crippen molar-refractivity contribution in [2.24, 2.45) is 5.73 Å². The Kier molecular flexibility index (Phi) is 6.03. The highest BCUT2D eigenvalue weighted by Crippen LogP contribution is 2.14. The quantitative estimate of drug-likeness (QED) is 0.793. The molecule has 0 aliphatic rings. The SMILES string of the molecule is CCC(C)(CC)NC(=O)C(N)CCc1ccccc1. The van der Waals surface area contributed by atoms with E-state index in [1.54, 1.807) is 0 Å². The fourth-order valence-corrected chi connectivity index (χ4v) is 1.91. The van der Waals surface area contributed by atoms with Gasteiger partial charge < -0.3 is 11.1 Å². The molecular weight excluding hydrogens is 236 g/mol. The van der Waals surface area contributed by atoms with E-state index in [4.69, 9.17) is 5.73 Å². The Labute approximate surface area is 116 Å². The second-order valence-electron chi connectivity index (χ2n) is 5.39. The summed E-state index contributed by atoms with van der Waals surface area (Å²) in [5.74, 6) is -0.0397. The van der Waals surface area contributed by atoms with Gasteiger partial charge in [0.15, 0.2) is 0 Å². The van der Waals surface area contributed by atoms with E-state index in [2.05, 4.69) is 38.2 Å². The van der Waals surface area contributed by atoms with E-state index in [9.17, 15) is 4.79 Å². The Morgan fingerprint density at radius 3 is 2.37 bits per heavy atom. The van der Waals surface area contributed by atoms with Gasteiger partial charge in [0, 0.05) is 5.54 Å².